The summed E-state index contributed by atoms with van der Waals surface area (Å²) in [7, 11) is 2.00. The first-order valence-corrected chi connectivity index (χ1v) is 6.96. The van der Waals surface area contributed by atoms with Crippen molar-refractivity contribution in [1.29, 1.82) is 0 Å². The fourth-order valence-corrected chi connectivity index (χ4v) is 2.13. The topological polar surface area (TPSA) is 109 Å². The molecule has 0 spiro atoms. The lowest BCUT2D eigenvalue weighted by Crippen LogP contribution is -2.47. The molecule has 1 fully saturated rings. The number of hydrogen-bond acceptors (Lipinski definition) is 6. The standard InChI is InChI=1S/C13H18N4O5/c1-15-6-8-16(9-7-15)11(18)4-5-14-13(19)10-2-3-12(22-10)17(20)21/h2-3H,4-9H2,1H3,(H,14,19). The first-order valence-electron chi connectivity index (χ1n) is 6.96. The summed E-state index contributed by atoms with van der Waals surface area (Å²) < 4.78 is 4.78. The predicted molar refractivity (Wildman–Crippen MR) is 76.4 cm³/mol. The Morgan fingerprint density at radius 3 is 2.59 bits per heavy atom. The van der Waals surface area contributed by atoms with E-state index in [9.17, 15) is 19.7 Å². The number of amides is 2. The van der Waals surface area contributed by atoms with Crippen LogP contribution in [0.3, 0.4) is 0 Å². The van der Waals surface area contributed by atoms with Gasteiger partial charge in [-0.15, -0.1) is 0 Å². The minimum absolute atomic E-state index is 0.0150. The van der Waals surface area contributed by atoms with Crippen LogP contribution >= 0.6 is 0 Å². The number of carbonyl (C=O) groups excluding carboxylic acids is 2. The summed E-state index contributed by atoms with van der Waals surface area (Å²) in [5.41, 5.74) is 0. The first kappa shape index (κ1) is 16.0. The van der Waals surface area contributed by atoms with Crippen LogP contribution in [-0.2, 0) is 4.79 Å². The summed E-state index contributed by atoms with van der Waals surface area (Å²) in [6.45, 7) is 3.22. The van der Waals surface area contributed by atoms with E-state index in [1.54, 1.807) is 4.90 Å². The van der Waals surface area contributed by atoms with Crippen molar-refractivity contribution in [3.8, 4) is 0 Å². The Morgan fingerprint density at radius 2 is 2.00 bits per heavy atom. The second-order valence-corrected chi connectivity index (χ2v) is 5.08. The van der Waals surface area contributed by atoms with Gasteiger partial charge in [-0.1, -0.05) is 0 Å². The maximum absolute atomic E-state index is 12.0. The van der Waals surface area contributed by atoms with Crippen LogP contribution in [0.4, 0.5) is 5.88 Å². The molecule has 120 valence electrons. The SMILES string of the molecule is CN1CCN(C(=O)CCNC(=O)c2ccc([N+](=O)[O-])o2)CC1. The summed E-state index contributed by atoms with van der Waals surface area (Å²) in [6.07, 6.45) is 0.193. The molecule has 0 radical (unpaired) electrons. The van der Waals surface area contributed by atoms with Gasteiger partial charge < -0.3 is 19.5 Å². The Morgan fingerprint density at radius 1 is 1.32 bits per heavy atom. The lowest BCUT2D eigenvalue weighted by atomic mass is 10.3. The molecule has 0 aromatic carbocycles. The lowest BCUT2D eigenvalue weighted by molar-refractivity contribution is -0.402. The maximum Gasteiger partial charge on any atom is 0.433 e. The Hall–Kier alpha value is -2.42. The minimum atomic E-state index is -0.715. The minimum Gasteiger partial charge on any atom is -0.395 e. The molecule has 1 N–H and O–H groups in total. The molecule has 1 saturated heterocycles. The molecule has 1 aromatic rings. The molecule has 0 saturated carbocycles. The van der Waals surface area contributed by atoms with Crippen molar-refractivity contribution < 1.29 is 18.9 Å². The van der Waals surface area contributed by atoms with Crippen molar-refractivity contribution in [2.75, 3.05) is 39.8 Å². The van der Waals surface area contributed by atoms with Gasteiger partial charge in [0.1, 0.15) is 4.92 Å². The van der Waals surface area contributed by atoms with E-state index in [0.29, 0.717) is 13.1 Å². The van der Waals surface area contributed by atoms with Gasteiger partial charge >= 0.3 is 5.88 Å². The summed E-state index contributed by atoms with van der Waals surface area (Å²) in [5.74, 6) is -1.21. The smallest absolute Gasteiger partial charge is 0.395 e. The molecule has 1 aliphatic rings. The molecule has 9 nitrogen and oxygen atoms in total. The molecule has 9 heteroatoms. The zero-order valence-corrected chi connectivity index (χ0v) is 12.3. The van der Waals surface area contributed by atoms with E-state index in [-0.39, 0.29) is 24.6 Å². The molecule has 2 rings (SSSR count). The van der Waals surface area contributed by atoms with Crippen LogP contribution in [0.25, 0.3) is 0 Å². The van der Waals surface area contributed by atoms with E-state index in [1.807, 2.05) is 7.05 Å². The number of piperazine rings is 1. The van der Waals surface area contributed by atoms with Crippen molar-refractivity contribution in [2.45, 2.75) is 6.42 Å². The van der Waals surface area contributed by atoms with E-state index in [1.165, 1.54) is 6.07 Å². The second-order valence-electron chi connectivity index (χ2n) is 5.08. The summed E-state index contributed by atoms with van der Waals surface area (Å²) >= 11 is 0. The monoisotopic (exact) mass is 310 g/mol. The zero-order chi connectivity index (χ0) is 16.1. The molecular weight excluding hydrogens is 292 g/mol. The fourth-order valence-electron chi connectivity index (χ4n) is 2.13. The number of rotatable bonds is 5. The van der Waals surface area contributed by atoms with E-state index in [4.69, 9.17) is 4.42 Å². The lowest BCUT2D eigenvalue weighted by Gasteiger charge is -2.32. The molecular formula is C13H18N4O5. The van der Waals surface area contributed by atoms with Gasteiger partial charge in [0, 0.05) is 39.1 Å². The molecule has 1 aliphatic heterocycles. The molecule has 0 atom stereocenters. The third-order valence-corrected chi connectivity index (χ3v) is 3.48. The van der Waals surface area contributed by atoms with Crippen LogP contribution in [0.1, 0.15) is 17.0 Å². The van der Waals surface area contributed by atoms with Crippen LogP contribution in [-0.4, -0.2) is 66.3 Å². The third-order valence-electron chi connectivity index (χ3n) is 3.48. The number of furan rings is 1. The highest BCUT2D eigenvalue weighted by molar-refractivity contribution is 5.92. The molecule has 0 aliphatic carbocycles. The van der Waals surface area contributed by atoms with Gasteiger partial charge in [0.05, 0.1) is 6.07 Å². The van der Waals surface area contributed by atoms with Crippen molar-refractivity contribution >= 4 is 17.7 Å². The van der Waals surface area contributed by atoms with Gasteiger partial charge in [-0.25, -0.2) is 0 Å². The Bertz CT molecular complexity index is 563. The normalized spacial score (nSPS) is 15.6. The van der Waals surface area contributed by atoms with Crippen molar-refractivity contribution in [3.63, 3.8) is 0 Å². The maximum atomic E-state index is 12.0. The highest BCUT2D eigenvalue weighted by atomic mass is 16.6. The van der Waals surface area contributed by atoms with Crippen molar-refractivity contribution in [2.24, 2.45) is 0 Å². The average Bonchev–Trinajstić information content (AvgIpc) is 2.98. The third kappa shape index (κ3) is 4.04. The molecule has 0 unspecified atom stereocenters. The van der Waals surface area contributed by atoms with Crippen LogP contribution in [0.15, 0.2) is 16.5 Å². The van der Waals surface area contributed by atoms with Crippen LogP contribution in [0.2, 0.25) is 0 Å². The average molecular weight is 310 g/mol. The summed E-state index contributed by atoms with van der Waals surface area (Å²) in [4.78, 5) is 37.3. The molecule has 22 heavy (non-hydrogen) atoms. The highest BCUT2D eigenvalue weighted by Gasteiger charge is 2.20. The van der Waals surface area contributed by atoms with Gasteiger partial charge in [0.2, 0.25) is 5.91 Å². The summed E-state index contributed by atoms with van der Waals surface area (Å²) in [5, 5.41) is 13.0. The number of hydrogen-bond donors (Lipinski definition) is 1. The number of likely N-dealkylation sites (N-methyl/N-ethyl adjacent to an activating group) is 1. The van der Waals surface area contributed by atoms with Gasteiger partial charge in [0.25, 0.3) is 5.91 Å². The quantitative estimate of drug-likeness (QED) is 0.609. The summed E-state index contributed by atoms with van der Waals surface area (Å²) in [6, 6.07) is 2.35. The van der Waals surface area contributed by atoms with Gasteiger partial charge in [-0.2, -0.15) is 0 Å². The van der Waals surface area contributed by atoms with Gasteiger partial charge in [0.15, 0.2) is 5.76 Å². The first-order chi connectivity index (χ1) is 10.5. The van der Waals surface area contributed by atoms with Crippen LogP contribution in [0.5, 0.6) is 0 Å². The number of nitrogens with one attached hydrogen (secondary N) is 1. The van der Waals surface area contributed by atoms with E-state index < -0.39 is 16.7 Å². The fraction of sp³-hybridized carbons (Fsp3) is 0.538. The van der Waals surface area contributed by atoms with Crippen molar-refractivity contribution in [1.82, 2.24) is 15.1 Å². The Labute approximate surface area is 127 Å². The van der Waals surface area contributed by atoms with Crippen molar-refractivity contribution in [3.05, 3.63) is 28.0 Å². The van der Waals surface area contributed by atoms with Gasteiger partial charge in [-0.05, 0) is 13.1 Å². The predicted octanol–water partition coefficient (Wildman–Crippen LogP) is 0.0817. The number of nitro groups is 1. The Balaban J connectivity index is 1.74. The molecule has 2 amide bonds. The second kappa shape index (κ2) is 7.03. The van der Waals surface area contributed by atoms with Gasteiger partial charge in [-0.3, -0.25) is 19.7 Å². The van der Waals surface area contributed by atoms with Crippen LogP contribution in [0, 0.1) is 10.1 Å². The zero-order valence-electron chi connectivity index (χ0n) is 12.3. The highest BCUT2D eigenvalue weighted by Crippen LogP contribution is 2.15. The molecule has 1 aromatic heterocycles. The van der Waals surface area contributed by atoms with E-state index >= 15 is 0 Å². The molecule has 0 bridgehead atoms. The number of carbonyl (C=O) groups is 2. The van der Waals surface area contributed by atoms with E-state index in [2.05, 4.69) is 10.2 Å². The van der Waals surface area contributed by atoms with Crippen LogP contribution < -0.4 is 5.32 Å². The Kier molecular flexibility index (Phi) is 5.10. The number of nitrogens with zero attached hydrogens (tertiary/aromatic N) is 3. The van der Waals surface area contributed by atoms with E-state index in [0.717, 1.165) is 19.2 Å². The molecule has 2 heterocycles. The largest absolute Gasteiger partial charge is 0.433 e.